The highest BCUT2D eigenvalue weighted by molar-refractivity contribution is 7.16. The first-order valence-corrected chi connectivity index (χ1v) is 12.4. The van der Waals surface area contributed by atoms with Crippen LogP contribution in [-0.2, 0) is 4.79 Å². The van der Waals surface area contributed by atoms with E-state index < -0.39 is 18.6 Å². The van der Waals surface area contributed by atoms with Gasteiger partial charge in [0.1, 0.15) is 11.6 Å². The number of rotatable bonds is 7. The van der Waals surface area contributed by atoms with Crippen molar-refractivity contribution in [1.82, 2.24) is 5.32 Å². The number of hydrogen-bond donors (Lipinski definition) is 3. The third-order valence-corrected chi connectivity index (χ3v) is 7.48. The molecule has 4 rings (SSSR count). The molecule has 0 radical (unpaired) electrons. The molecule has 176 valence electrons. The van der Waals surface area contributed by atoms with Crippen LogP contribution < -0.4 is 10.2 Å². The Morgan fingerprint density at radius 1 is 1.12 bits per heavy atom. The van der Waals surface area contributed by atoms with Gasteiger partial charge in [-0.25, -0.2) is 0 Å². The summed E-state index contributed by atoms with van der Waals surface area (Å²) in [6.07, 6.45) is 2.77. The second kappa shape index (κ2) is 10.8. The lowest BCUT2D eigenvalue weighted by atomic mass is 10.0. The van der Waals surface area contributed by atoms with Gasteiger partial charge < -0.3 is 20.4 Å². The first-order chi connectivity index (χ1) is 16.5. The van der Waals surface area contributed by atoms with Crippen LogP contribution in [0.5, 0.6) is 0 Å². The number of benzene rings is 2. The maximum Gasteiger partial charge on any atom is 0.262 e. The number of fused-ring (bicyclic) bond motifs is 1. The molecule has 2 heterocycles. The van der Waals surface area contributed by atoms with Gasteiger partial charge in [0.2, 0.25) is 0 Å². The Bertz CT molecular complexity index is 1250. The smallest absolute Gasteiger partial charge is 0.262 e. The van der Waals surface area contributed by atoms with E-state index in [2.05, 4.69) is 46.6 Å². The largest absolute Gasteiger partial charge is 0.394 e. The number of aliphatic hydroxyl groups excluding tert-OH is 2. The fourth-order valence-electron chi connectivity index (χ4n) is 4.22. The molecule has 1 aliphatic heterocycles. The lowest BCUT2D eigenvalue weighted by Crippen LogP contribution is -2.34. The van der Waals surface area contributed by atoms with Gasteiger partial charge in [0, 0.05) is 35.1 Å². The van der Waals surface area contributed by atoms with Crippen LogP contribution in [0.15, 0.2) is 54.1 Å². The quantitative estimate of drug-likeness (QED) is 0.349. The average molecular weight is 476 g/mol. The summed E-state index contributed by atoms with van der Waals surface area (Å²) in [4.78, 5) is 16.8. The van der Waals surface area contributed by atoms with Crippen LogP contribution in [0.1, 0.15) is 31.1 Å². The van der Waals surface area contributed by atoms with Crippen molar-refractivity contribution < 1.29 is 15.0 Å². The van der Waals surface area contributed by atoms with Crippen LogP contribution in [0.2, 0.25) is 0 Å². The molecule has 1 amide bonds. The Hall–Kier alpha value is -3.18. The number of nitrogens with zero attached hydrogens (tertiary/aromatic N) is 2. The van der Waals surface area contributed by atoms with Gasteiger partial charge in [0.25, 0.3) is 5.91 Å². The number of carbonyl (C=O) groups is 1. The van der Waals surface area contributed by atoms with Crippen molar-refractivity contribution in [3.63, 3.8) is 0 Å². The summed E-state index contributed by atoms with van der Waals surface area (Å²) in [5.41, 5.74) is 2.97. The second-order valence-corrected chi connectivity index (χ2v) is 9.70. The van der Waals surface area contributed by atoms with Gasteiger partial charge >= 0.3 is 0 Å². The molecule has 1 aliphatic rings. The summed E-state index contributed by atoms with van der Waals surface area (Å²) >= 11 is 1.53. The van der Waals surface area contributed by atoms with Gasteiger partial charge in [-0.05, 0) is 78.4 Å². The number of thiophene rings is 1. The number of nitrogens with one attached hydrogen (secondary N) is 1. The minimum atomic E-state index is -1.05. The SMILES string of the molecule is C/C(=C(/C#N)C(=O)NCC(O)CO)c1ccc(-c2ccc3cc(N4CCCCC4)ccc3c2)s1. The van der Waals surface area contributed by atoms with Gasteiger partial charge in [0.15, 0.2) is 0 Å². The molecule has 6 nitrogen and oxygen atoms in total. The molecule has 1 aromatic heterocycles. The zero-order valence-electron chi connectivity index (χ0n) is 19.3. The average Bonchev–Trinajstić information content (AvgIpc) is 3.38. The topological polar surface area (TPSA) is 96.6 Å². The Kier molecular flexibility index (Phi) is 7.63. The number of piperidine rings is 1. The summed E-state index contributed by atoms with van der Waals surface area (Å²) < 4.78 is 0. The zero-order valence-corrected chi connectivity index (χ0v) is 20.1. The highest BCUT2D eigenvalue weighted by atomic mass is 32.1. The van der Waals surface area contributed by atoms with E-state index in [0.717, 1.165) is 28.4 Å². The lowest BCUT2D eigenvalue weighted by Gasteiger charge is -2.29. The van der Waals surface area contributed by atoms with Crippen molar-refractivity contribution in [2.75, 3.05) is 31.1 Å². The van der Waals surface area contributed by atoms with Crippen molar-refractivity contribution in [2.45, 2.75) is 32.3 Å². The maximum absolute atomic E-state index is 12.4. The predicted molar refractivity (Wildman–Crippen MR) is 138 cm³/mol. The van der Waals surface area contributed by atoms with Gasteiger partial charge in [-0.3, -0.25) is 4.79 Å². The van der Waals surface area contributed by atoms with Crippen LogP contribution in [0.4, 0.5) is 5.69 Å². The highest BCUT2D eigenvalue weighted by Gasteiger charge is 2.17. The Balaban J connectivity index is 1.55. The fraction of sp³-hybridized carbons (Fsp3) is 0.333. The molecule has 3 N–H and O–H groups in total. The van der Waals surface area contributed by atoms with E-state index in [1.54, 1.807) is 6.92 Å². The standard InChI is InChI=1S/C27H29N3O3S/c1-18(24(15-28)27(33)29-16-23(32)17-31)25-9-10-26(34-25)21-6-5-20-14-22(8-7-19(20)13-21)30-11-3-2-4-12-30/h5-10,13-14,23,31-32H,2-4,11-12,16-17H2,1H3,(H,29,33)/b24-18+. The number of amides is 1. The Morgan fingerprint density at radius 2 is 1.85 bits per heavy atom. The van der Waals surface area contributed by atoms with Crippen molar-refractivity contribution >= 4 is 39.3 Å². The van der Waals surface area contributed by atoms with Crippen molar-refractivity contribution in [3.8, 4) is 16.5 Å². The molecule has 1 unspecified atom stereocenters. The van der Waals surface area contributed by atoms with Gasteiger partial charge in [-0.2, -0.15) is 5.26 Å². The summed E-state index contributed by atoms with van der Waals surface area (Å²) in [7, 11) is 0. The summed E-state index contributed by atoms with van der Waals surface area (Å²) in [6, 6.07) is 19.0. The normalized spacial score (nSPS) is 15.5. The van der Waals surface area contributed by atoms with Crippen LogP contribution in [0, 0.1) is 11.3 Å². The van der Waals surface area contributed by atoms with E-state index in [9.17, 15) is 15.2 Å². The van der Waals surface area contributed by atoms with E-state index >= 15 is 0 Å². The Labute approximate surface area is 203 Å². The number of aliphatic hydroxyl groups is 2. The van der Waals surface area contributed by atoms with Crippen molar-refractivity contribution in [1.29, 1.82) is 5.26 Å². The van der Waals surface area contributed by atoms with E-state index in [4.69, 9.17) is 5.11 Å². The molecule has 2 aromatic carbocycles. The lowest BCUT2D eigenvalue weighted by molar-refractivity contribution is -0.117. The molecule has 0 bridgehead atoms. The van der Waals surface area contributed by atoms with Gasteiger partial charge in [-0.15, -0.1) is 11.3 Å². The number of carbonyl (C=O) groups excluding carboxylic acids is 1. The van der Waals surface area contributed by atoms with Gasteiger partial charge in [-0.1, -0.05) is 18.2 Å². The minimum absolute atomic E-state index is 0.00212. The van der Waals surface area contributed by atoms with E-state index in [1.807, 2.05) is 18.2 Å². The van der Waals surface area contributed by atoms with Crippen molar-refractivity contribution in [3.05, 3.63) is 59.0 Å². The molecule has 34 heavy (non-hydrogen) atoms. The number of nitriles is 1. The van der Waals surface area contributed by atoms with Crippen LogP contribution in [0.3, 0.4) is 0 Å². The molecule has 3 aromatic rings. The maximum atomic E-state index is 12.4. The second-order valence-electron chi connectivity index (χ2n) is 8.62. The first kappa shape index (κ1) is 24.0. The van der Waals surface area contributed by atoms with Crippen LogP contribution >= 0.6 is 11.3 Å². The summed E-state index contributed by atoms with van der Waals surface area (Å²) in [5, 5.41) is 32.8. The highest BCUT2D eigenvalue weighted by Crippen LogP contribution is 2.35. The molecule has 1 fully saturated rings. The molecule has 0 saturated carbocycles. The summed E-state index contributed by atoms with van der Waals surface area (Å²) in [6.45, 7) is 3.43. The number of allylic oxidation sites excluding steroid dienone is 1. The van der Waals surface area contributed by atoms with Crippen LogP contribution in [0.25, 0.3) is 26.8 Å². The Morgan fingerprint density at radius 3 is 2.59 bits per heavy atom. The molecular formula is C27H29N3O3S. The molecule has 1 saturated heterocycles. The number of hydrogen-bond acceptors (Lipinski definition) is 6. The molecule has 0 spiro atoms. The third-order valence-electron chi connectivity index (χ3n) is 6.23. The molecule has 7 heteroatoms. The molecule has 0 aliphatic carbocycles. The minimum Gasteiger partial charge on any atom is -0.394 e. The third kappa shape index (κ3) is 5.31. The van der Waals surface area contributed by atoms with E-state index in [-0.39, 0.29) is 12.1 Å². The fourth-order valence-corrected chi connectivity index (χ4v) is 5.23. The summed E-state index contributed by atoms with van der Waals surface area (Å²) in [5.74, 6) is -0.558. The predicted octanol–water partition coefficient (Wildman–Crippen LogP) is 4.33. The zero-order chi connectivity index (χ0) is 24.1. The van der Waals surface area contributed by atoms with E-state index in [0.29, 0.717) is 5.57 Å². The molecular weight excluding hydrogens is 446 g/mol. The van der Waals surface area contributed by atoms with Crippen LogP contribution in [-0.4, -0.2) is 48.5 Å². The first-order valence-electron chi connectivity index (χ1n) is 11.6. The monoisotopic (exact) mass is 475 g/mol. The van der Waals surface area contributed by atoms with Gasteiger partial charge in [0.05, 0.1) is 12.7 Å². The van der Waals surface area contributed by atoms with E-state index in [1.165, 1.54) is 47.1 Å². The van der Waals surface area contributed by atoms with Crippen molar-refractivity contribution in [2.24, 2.45) is 0 Å². The molecule has 1 atom stereocenters. The number of anilines is 1.